The highest BCUT2D eigenvalue weighted by Crippen LogP contribution is 2.19. The van der Waals surface area contributed by atoms with Crippen molar-refractivity contribution in [2.24, 2.45) is 5.73 Å². The molecule has 0 radical (unpaired) electrons. The van der Waals surface area contributed by atoms with Crippen molar-refractivity contribution in [1.29, 1.82) is 0 Å². The van der Waals surface area contributed by atoms with Crippen LogP contribution >= 0.6 is 0 Å². The van der Waals surface area contributed by atoms with Gasteiger partial charge in [-0.3, -0.25) is 4.79 Å². The summed E-state index contributed by atoms with van der Waals surface area (Å²) in [7, 11) is 0. The number of benzene rings is 1. The van der Waals surface area contributed by atoms with Crippen LogP contribution in [0.3, 0.4) is 0 Å². The molecule has 0 fully saturated rings. The molecule has 100 valence electrons. The van der Waals surface area contributed by atoms with Crippen molar-refractivity contribution < 1.29 is 9.18 Å². The number of amides is 1. The van der Waals surface area contributed by atoms with Crippen LogP contribution in [0, 0.1) is 5.82 Å². The Balaban J connectivity index is 2.50. The fourth-order valence-electron chi connectivity index (χ4n) is 1.61. The van der Waals surface area contributed by atoms with Crippen LogP contribution in [0.4, 0.5) is 4.39 Å². The molecule has 0 aromatic heterocycles. The van der Waals surface area contributed by atoms with E-state index in [9.17, 15) is 9.18 Å². The minimum Gasteiger partial charge on any atom is -0.354 e. The minimum absolute atomic E-state index is 0.0124. The maximum atomic E-state index is 13.1. The van der Waals surface area contributed by atoms with Gasteiger partial charge in [0, 0.05) is 18.5 Å². The topological polar surface area (TPSA) is 55.1 Å². The zero-order chi connectivity index (χ0) is 13.8. The second-order valence-electron chi connectivity index (χ2n) is 5.43. The fraction of sp³-hybridized carbons (Fsp3) is 0.500. The van der Waals surface area contributed by atoms with Gasteiger partial charge in [0.15, 0.2) is 0 Å². The van der Waals surface area contributed by atoms with E-state index < -0.39 is 5.54 Å². The molecule has 0 aliphatic heterocycles. The number of halogens is 1. The van der Waals surface area contributed by atoms with Crippen molar-refractivity contribution in [2.45, 2.75) is 38.6 Å². The van der Waals surface area contributed by atoms with E-state index in [-0.39, 0.29) is 17.6 Å². The molecule has 0 saturated heterocycles. The van der Waals surface area contributed by atoms with Gasteiger partial charge >= 0.3 is 0 Å². The van der Waals surface area contributed by atoms with Crippen molar-refractivity contribution in [2.75, 3.05) is 6.54 Å². The molecular weight excluding hydrogens is 231 g/mol. The van der Waals surface area contributed by atoms with Crippen LogP contribution in [-0.2, 0) is 4.79 Å². The van der Waals surface area contributed by atoms with E-state index in [4.69, 9.17) is 5.73 Å². The highest BCUT2D eigenvalue weighted by molar-refractivity contribution is 5.76. The monoisotopic (exact) mass is 252 g/mol. The molecule has 0 spiro atoms. The molecule has 3 nitrogen and oxygen atoms in total. The Morgan fingerprint density at radius 2 is 2.17 bits per heavy atom. The maximum Gasteiger partial charge on any atom is 0.220 e. The molecule has 0 aliphatic carbocycles. The van der Waals surface area contributed by atoms with Gasteiger partial charge in [-0.2, -0.15) is 0 Å². The lowest BCUT2D eigenvalue weighted by Crippen LogP contribution is -2.45. The average Bonchev–Trinajstić information content (AvgIpc) is 2.25. The van der Waals surface area contributed by atoms with Crippen molar-refractivity contribution in [1.82, 2.24) is 5.32 Å². The number of carbonyl (C=O) groups excluding carboxylic acids is 1. The zero-order valence-corrected chi connectivity index (χ0v) is 11.2. The van der Waals surface area contributed by atoms with E-state index in [0.717, 1.165) is 5.56 Å². The molecule has 1 rings (SSSR count). The number of carbonyl (C=O) groups is 1. The largest absolute Gasteiger partial charge is 0.354 e. The Bertz CT molecular complexity index is 413. The van der Waals surface area contributed by atoms with Crippen LogP contribution in [0.1, 0.15) is 38.7 Å². The molecule has 1 aromatic rings. The molecule has 1 aromatic carbocycles. The summed E-state index contributed by atoms with van der Waals surface area (Å²) in [6.45, 7) is 6.04. The van der Waals surface area contributed by atoms with E-state index in [1.807, 2.05) is 26.8 Å². The normalized spacial score (nSPS) is 13.2. The average molecular weight is 252 g/mol. The Morgan fingerprint density at radius 1 is 1.50 bits per heavy atom. The maximum absolute atomic E-state index is 13.1. The first-order valence-corrected chi connectivity index (χ1v) is 6.09. The molecule has 1 atom stereocenters. The van der Waals surface area contributed by atoms with Gasteiger partial charge in [-0.15, -0.1) is 0 Å². The third kappa shape index (κ3) is 5.27. The minimum atomic E-state index is -0.419. The van der Waals surface area contributed by atoms with Gasteiger partial charge in [-0.1, -0.05) is 19.1 Å². The Kier molecular flexibility index (Phi) is 4.84. The van der Waals surface area contributed by atoms with Crippen LogP contribution in [-0.4, -0.2) is 18.0 Å². The Hall–Kier alpha value is -1.42. The van der Waals surface area contributed by atoms with Gasteiger partial charge in [0.1, 0.15) is 5.82 Å². The molecular formula is C14H21FN2O. The highest BCUT2D eigenvalue weighted by atomic mass is 19.1. The molecule has 18 heavy (non-hydrogen) atoms. The Morgan fingerprint density at radius 3 is 2.72 bits per heavy atom. The van der Waals surface area contributed by atoms with E-state index in [1.54, 1.807) is 6.07 Å². The van der Waals surface area contributed by atoms with E-state index >= 15 is 0 Å². The number of rotatable bonds is 5. The predicted octanol–water partition coefficient (Wildman–Crippen LogP) is 2.17. The first-order valence-electron chi connectivity index (χ1n) is 6.09. The van der Waals surface area contributed by atoms with Gasteiger partial charge in [0.2, 0.25) is 5.91 Å². The molecule has 0 heterocycles. The fourth-order valence-corrected chi connectivity index (χ4v) is 1.61. The van der Waals surface area contributed by atoms with Gasteiger partial charge in [0.05, 0.1) is 0 Å². The van der Waals surface area contributed by atoms with Crippen molar-refractivity contribution in [3.05, 3.63) is 35.6 Å². The van der Waals surface area contributed by atoms with Crippen LogP contribution < -0.4 is 11.1 Å². The molecule has 3 N–H and O–H groups in total. The third-order valence-corrected chi connectivity index (χ3v) is 2.65. The van der Waals surface area contributed by atoms with Crippen molar-refractivity contribution >= 4 is 5.91 Å². The lowest BCUT2D eigenvalue weighted by Gasteiger charge is -2.20. The summed E-state index contributed by atoms with van der Waals surface area (Å²) in [4.78, 5) is 11.7. The van der Waals surface area contributed by atoms with Crippen LogP contribution in [0.25, 0.3) is 0 Å². The molecule has 4 heteroatoms. The van der Waals surface area contributed by atoms with Crippen LogP contribution in [0.2, 0.25) is 0 Å². The summed E-state index contributed by atoms with van der Waals surface area (Å²) in [5.41, 5.74) is 6.19. The molecule has 0 bridgehead atoms. The van der Waals surface area contributed by atoms with Gasteiger partial charge in [-0.25, -0.2) is 4.39 Å². The van der Waals surface area contributed by atoms with Gasteiger partial charge in [-0.05, 0) is 37.5 Å². The molecule has 1 amide bonds. The van der Waals surface area contributed by atoms with Crippen LogP contribution in [0.15, 0.2) is 24.3 Å². The lowest BCUT2D eigenvalue weighted by atomic mass is 9.97. The third-order valence-electron chi connectivity index (χ3n) is 2.65. The van der Waals surface area contributed by atoms with Crippen molar-refractivity contribution in [3.8, 4) is 0 Å². The molecule has 0 aliphatic rings. The Labute approximate surface area is 108 Å². The predicted molar refractivity (Wildman–Crippen MR) is 70.7 cm³/mol. The summed E-state index contributed by atoms with van der Waals surface area (Å²) in [6.07, 6.45) is 0.333. The second kappa shape index (κ2) is 5.96. The number of hydrogen-bond donors (Lipinski definition) is 2. The summed E-state index contributed by atoms with van der Waals surface area (Å²) >= 11 is 0. The molecule has 0 saturated carbocycles. The standard InChI is InChI=1S/C14H21FN2O/c1-10(11-5-4-6-12(15)8-11)7-13(18)17-9-14(2,3)16/h4-6,8,10H,7,9,16H2,1-3H3,(H,17,18). The second-order valence-corrected chi connectivity index (χ2v) is 5.43. The molecule has 1 unspecified atom stereocenters. The summed E-state index contributed by atoms with van der Waals surface area (Å²) in [6, 6.07) is 6.34. The van der Waals surface area contributed by atoms with Gasteiger partial charge < -0.3 is 11.1 Å². The smallest absolute Gasteiger partial charge is 0.220 e. The SMILES string of the molecule is CC(CC(=O)NCC(C)(C)N)c1cccc(F)c1. The first kappa shape index (κ1) is 14.6. The van der Waals surface area contributed by atoms with E-state index in [1.165, 1.54) is 12.1 Å². The summed E-state index contributed by atoms with van der Waals surface area (Å²) in [5, 5.41) is 2.78. The van der Waals surface area contributed by atoms with E-state index in [0.29, 0.717) is 13.0 Å². The number of hydrogen-bond acceptors (Lipinski definition) is 2. The van der Waals surface area contributed by atoms with Gasteiger partial charge in [0.25, 0.3) is 0 Å². The van der Waals surface area contributed by atoms with E-state index in [2.05, 4.69) is 5.32 Å². The number of nitrogens with two attached hydrogens (primary N) is 1. The number of nitrogens with one attached hydrogen (secondary N) is 1. The lowest BCUT2D eigenvalue weighted by molar-refractivity contribution is -0.121. The zero-order valence-electron chi connectivity index (χ0n) is 11.2. The van der Waals surface area contributed by atoms with Crippen molar-refractivity contribution in [3.63, 3.8) is 0 Å². The summed E-state index contributed by atoms with van der Waals surface area (Å²) < 4.78 is 13.1. The highest BCUT2D eigenvalue weighted by Gasteiger charge is 2.15. The summed E-state index contributed by atoms with van der Waals surface area (Å²) in [5.74, 6) is -0.352. The quantitative estimate of drug-likeness (QED) is 0.844. The first-order chi connectivity index (χ1) is 8.28. The van der Waals surface area contributed by atoms with Crippen LogP contribution in [0.5, 0.6) is 0 Å².